The van der Waals surface area contributed by atoms with Gasteiger partial charge in [0.1, 0.15) is 12.0 Å². The molecule has 0 saturated heterocycles. The number of hydrogen-bond donors (Lipinski definition) is 2. The Labute approximate surface area is 154 Å². The number of nitrogens with one attached hydrogen (secondary N) is 2. The van der Waals surface area contributed by atoms with E-state index in [0.29, 0.717) is 6.54 Å². The number of fused-ring (bicyclic) bond motifs is 1. The molecule has 1 aliphatic heterocycles. The van der Waals surface area contributed by atoms with E-state index in [1.807, 2.05) is 37.3 Å². The Kier molecular flexibility index (Phi) is 4.19. The molecular formula is C21H22N5+. The van der Waals surface area contributed by atoms with Crippen molar-refractivity contribution in [2.75, 3.05) is 13.6 Å². The monoisotopic (exact) mass is 344 g/mol. The Morgan fingerprint density at radius 1 is 1.15 bits per heavy atom. The van der Waals surface area contributed by atoms with Gasteiger partial charge in [0, 0.05) is 11.3 Å². The van der Waals surface area contributed by atoms with Crippen LogP contribution in [0.4, 0.5) is 0 Å². The van der Waals surface area contributed by atoms with Gasteiger partial charge in [0.2, 0.25) is 0 Å². The van der Waals surface area contributed by atoms with Crippen molar-refractivity contribution in [1.82, 2.24) is 0 Å². The second kappa shape index (κ2) is 6.10. The smallest absolute Gasteiger partial charge is 0.190 e. The second-order valence-corrected chi connectivity index (χ2v) is 7.70. The first kappa shape index (κ1) is 17.9. The normalized spacial score (nSPS) is 35.2. The molecule has 1 aliphatic carbocycles. The highest BCUT2D eigenvalue weighted by molar-refractivity contribution is 6.01. The van der Waals surface area contributed by atoms with E-state index >= 15 is 0 Å². The first-order valence-electron chi connectivity index (χ1n) is 8.76. The van der Waals surface area contributed by atoms with Crippen LogP contribution in [0.5, 0.6) is 0 Å². The minimum atomic E-state index is -1.64. The molecule has 2 aliphatic rings. The van der Waals surface area contributed by atoms with E-state index in [4.69, 9.17) is 5.41 Å². The lowest BCUT2D eigenvalue weighted by atomic mass is 9.48. The van der Waals surface area contributed by atoms with Crippen LogP contribution in [0.25, 0.3) is 0 Å². The van der Waals surface area contributed by atoms with Crippen molar-refractivity contribution >= 4 is 5.71 Å². The summed E-state index contributed by atoms with van der Waals surface area (Å²) in [6.07, 6.45) is 2.08. The van der Waals surface area contributed by atoms with E-state index in [-0.39, 0.29) is 11.8 Å². The van der Waals surface area contributed by atoms with E-state index in [1.54, 1.807) is 0 Å². The number of rotatable bonds is 1. The maximum absolute atomic E-state index is 10.0. The molecule has 3 rings (SSSR count). The molecule has 130 valence electrons. The molecule has 1 aromatic carbocycles. The van der Waals surface area contributed by atoms with Gasteiger partial charge in [0.25, 0.3) is 0 Å². The molecule has 1 fully saturated rings. The van der Waals surface area contributed by atoms with Crippen LogP contribution in [-0.4, -0.2) is 25.3 Å². The van der Waals surface area contributed by atoms with E-state index in [2.05, 4.69) is 38.3 Å². The number of hydrogen-bond acceptors (Lipinski definition) is 4. The first-order chi connectivity index (χ1) is 12.4. The predicted molar refractivity (Wildman–Crippen MR) is 97.1 cm³/mol. The summed E-state index contributed by atoms with van der Waals surface area (Å²) in [6.45, 7) is 4.84. The molecule has 5 nitrogen and oxygen atoms in total. The largest absolute Gasteiger partial charge is 0.331 e. The van der Waals surface area contributed by atoms with Gasteiger partial charge < -0.3 is 10.3 Å². The van der Waals surface area contributed by atoms with Crippen LogP contribution < -0.4 is 4.90 Å². The van der Waals surface area contributed by atoms with Gasteiger partial charge in [-0.3, -0.25) is 0 Å². The van der Waals surface area contributed by atoms with E-state index in [1.165, 1.54) is 4.90 Å². The van der Waals surface area contributed by atoms with Gasteiger partial charge in [-0.15, -0.1) is 0 Å². The Morgan fingerprint density at radius 3 is 2.31 bits per heavy atom. The fourth-order valence-corrected chi connectivity index (χ4v) is 4.83. The van der Waals surface area contributed by atoms with Gasteiger partial charge in [0.05, 0.1) is 37.5 Å². The molecule has 0 spiro atoms. The van der Waals surface area contributed by atoms with Crippen LogP contribution in [0.1, 0.15) is 25.3 Å². The maximum atomic E-state index is 10.0. The topological polar surface area (TPSA) is 99.7 Å². The van der Waals surface area contributed by atoms with Gasteiger partial charge in [-0.05, 0) is 31.1 Å². The third kappa shape index (κ3) is 2.20. The lowest BCUT2D eigenvalue weighted by molar-refractivity contribution is -0.905. The summed E-state index contributed by atoms with van der Waals surface area (Å²) in [5.74, 6) is -1.31. The summed E-state index contributed by atoms with van der Waals surface area (Å²) in [6, 6.07) is 16.2. The zero-order valence-corrected chi connectivity index (χ0v) is 15.2. The number of likely N-dealkylation sites (N-methyl/N-ethyl adjacent to an activating group) is 1. The Hall–Kier alpha value is -2.94. The molecule has 1 aromatic rings. The molecule has 5 atom stereocenters. The second-order valence-electron chi connectivity index (χ2n) is 7.70. The molecule has 2 N–H and O–H groups in total. The number of benzene rings is 1. The van der Waals surface area contributed by atoms with Crippen LogP contribution in [0.2, 0.25) is 0 Å². The summed E-state index contributed by atoms with van der Waals surface area (Å²) in [7, 11) is 2.09. The summed E-state index contributed by atoms with van der Waals surface area (Å²) in [4.78, 5) is 1.27. The highest BCUT2D eigenvalue weighted by atomic mass is 15.1. The molecule has 0 bridgehead atoms. The van der Waals surface area contributed by atoms with Crippen molar-refractivity contribution < 1.29 is 4.90 Å². The van der Waals surface area contributed by atoms with Crippen molar-refractivity contribution in [3.05, 3.63) is 47.5 Å². The zero-order chi connectivity index (χ0) is 19.1. The zero-order valence-electron chi connectivity index (χ0n) is 15.2. The number of nitriles is 3. The van der Waals surface area contributed by atoms with Crippen LogP contribution in [0, 0.1) is 56.2 Å². The summed E-state index contributed by atoms with van der Waals surface area (Å²) < 4.78 is 0. The molecule has 0 radical (unpaired) electrons. The first-order valence-corrected chi connectivity index (χ1v) is 8.76. The van der Waals surface area contributed by atoms with E-state index in [0.717, 1.165) is 11.1 Å². The van der Waals surface area contributed by atoms with Gasteiger partial charge >= 0.3 is 0 Å². The highest BCUT2D eigenvalue weighted by Gasteiger charge is 2.64. The molecule has 1 saturated carbocycles. The molecule has 0 amide bonds. The minimum absolute atomic E-state index is 0.0886. The molecule has 5 heteroatoms. The average molecular weight is 344 g/mol. The van der Waals surface area contributed by atoms with Gasteiger partial charge in [-0.1, -0.05) is 30.3 Å². The van der Waals surface area contributed by atoms with Gasteiger partial charge in [-0.25, -0.2) is 0 Å². The maximum Gasteiger partial charge on any atom is 0.190 e. The quantitative estimate of drug-likeness (QED) is 0.760. The standard InChI is InChI=1S/C21H21N5/c1-14-9-17-16(10-22)19(25)21(11-23,12-24)18(15-7-5-4-6-8-15)20(17,2)13-26(14)3/h4-9,14,16,18,25H,13H2,1-3H3/p+1/t14-,16+,18-,20+/m0/s1. The third-order valence-electron chi connectivity index (χ3n) is 6.22. The molecule has 1 heterocycles. The molecule has 0 aromatic heterocycles. The van der Waals surface area contributed by atoms with Crippen molar-refractivity contribution in [3.63, 3.8) is 0 Å². The lowest BCUT2D eigenvalue weighted by Gasteiger charge is -2.53. The molecule has 1 unspecified atom stereocenters. The predicted octanol–water partition coefficient (Wildman–Crippen LogP) is 1.83. The molecule has 26 heavy (non-hydrogen) atoms. The van der Waals surface area contributed by atoms with Crippen LogP contribution >= 0.6 is 0 Å². The van der Waals surface area contributed by atoms with E-state index in [9.17, 15) is 15.8 Å². The summed E-state index contributed by atoms with van der Waals surface area (Å²) in [5, 5.41) is 38.5. The van der Waals surface area contributed by atoms with Crippen molar-refractivity contribution in [1.29, 1.82) is 21.2 Å². The SMILES string of the molecule is C[C@H]1C=C2[C@@H](C#N)C(=N)C(C#N)(C#N)[C@@H](c3ccccc3)[C@]2(C)C[NH+]1C. The number of nitrogens with zero attached hydrogens (tertiary/aromatic N) is 3. The van der Waals surface area contributed by atoms with Crippen molar-refractivity contribution in [3.8, 4) is 18.2 Å². The minimum Gasteiger partial charge on any atom is -0.331 e. The average Bonchev–Trinajstić information content (AvgIpc) is 2.64. The fraction of sp³-hybridized carbons (Fsp3) is 0.429. The Balaban J connectivity index is 2.37. The third-order valence-corrected chi connectivity index (χ3v) is 6.22. The van der Waals surface area contributed by atoms with Crippen LogP contribution in [0.15, 0.2) is 42.0 Å². The van der Waals surface area contributed by atoms with Crippen molar-refractivity contribution in [2.45, 2.75) is 25.8 Å². The Bertz CT molecular complexity index is 881. The summed E-state index contributed by atoms with van der Waals surface area (Å²) >= 11 is 0. The van der Waals surface area contributed by atoms with Crippen LogP contribution in [0.3, 0.4) is 0 Å². The van der Waals surface area contributed by atoms with Gasteiger partial charge in [-0.2, -0.15) is 15.8 Å². The van der Waals surface area contributed by atoms with E-state index < -0.39 is 22.7 Å². The fourth-order valence-electron chi connectivity index (χ4n) is 4.83. The highest BCUT2D eigenvalue weighted by Crippen LogP contribution is 2.59. The summed E-state index contributed by atoms with van der Waals surface area (Å²) in [5.41, 5.74) is -0.525. The van der Waals surface area contributed by atoms with Crippen LogP contribution in [-0.2, 0) is 0 Å². The number of quaternary nitrogens is 1. The van der Waals surface area contributed by atoms with Crippen molar-refractivity contribution in [2.24, 2.45) is 16.7 Å². The molecular weight excluding hydrogens is 322 g/mol. The van der Waals surface area contributed by atoms with Gasteiger partial charge in [0.15, 0.2) is 5.41 Å². The lowest BCUT2D eigenvalue weighted by Crippen LogP contribution is -3.14. The Morgan fingerprint density at radius 2 is 1.77 bits per heavy atom.